The highest BCUT2D eigenvalue weighted by Gasteiger charge is 2.44. The average molecular weight is 314 g/mol. The van der Waals surface area contributed by atoms with Crippen LogP contribution in [0.15, 0.2) is 5.38 Å². The molecule has 4 nitrogen and oxygen atoms in total. The van der Waals surface area contributed by atoms with E-state index >= 15 is 0 Å². The molecule has 20 heavy (non-hydrogen) atoms. The van der Waals surface area contributed by atoms with E-state index in [0.717, 1.165) is 10.7 Å². The molecule has 1 aromatic heterocycles. The Morgan fingerprint density at radius 2 is 2.00 bits per heavy atom. The van der Waals surface area contributed by atoms with Gasteiger partial charge in [-0.15, -0.1) is 11.3 Å². The molecule has 1 aliphatic carbocycles. The summed E-state index contributed by atoms with van der Waals surface area (Å²) in [7, 11) is -2.85. The van der Waals surface area contributed by atoms with Gasteiger partial charge in [0.1, 0.15) is 14.8 Å². The summed E-state index contributed by atoms with van der Waals surface area (Å²) in [5, 5.41) is 6.91. The van der Waals surface area contributed by atoms with Crippen molar-refractivity contribution in [3.8, 4) is 0 Å². The van der Waals surface area contributed by atoms with Crippen LogP contribution in [-0.2, 0) is 15.4 Å². The van der Waals surface area contributed by atoms with Crippen LogP contribution in [-0.4, -0.2) is 30.9 Å². The van der Waals surface area contributed by atoms with Gasteiger partial charge in [-0.2, -0.15) is 0 Å². The molecule has 0 radical (unpaired) electrons. The van der Waals surface area contributed by atoms with Crippen LogP contribution in [0.5, 0.6) is 0 Å². The number of sulfone groups is 1. The molecule has 112 valence electrons. The van der Waals surface area contributed by atoms with Gasteiger partial charge in [0.2, 0.25) is 0 Å². The van der Waals surface area contributed by atoms with Crippen LogP contribution < -0.4 is 5.32 Å². The highest BCUT2D eigenvalue weighted by atomic mass is 32.2. The van der Waals surface area contributed by atoms with Gasteiger partial charge in [0.05, 0.1) is 22.7 Å². The summed E-state index contributed by atoms with van der Waals surface area (Å²) in [6.07, 6.45) is 3.74. The van der Waals surface area contributed by atoms with Gasteiger partial charge < -0.3 is 5.32 Å². The number of rotatable bonds is 4. The number of thiazole rings is 1. The van der Waals surface area contributed by atoms with E-state index in [2.05, 4.69) is 24.5 Å². The molecule has 1 N–H and O–H groups in total. The monoisotopic (exact) mass is 314 g/mol. The molecule has 0 unspecified atom stereocenters. The van der Waals surface area contributed by atoms with E-state index in [9.17, 15) is 8.42 Å². The second-order valence-corrected chi connectivity index (χ2v) is 9.55. The number of hydrogen-bond acceptors (Lipinski definition) is 5. The summed E-state index contributed by atoms with van der Waals surface area (Å²) in [5.41, 5.74) is 0.917. The number of nitrogens with zero attached hydrogens (tertiary/aromatic N) is 1. The first-order valence-electron chi connectivity index (χ1n) is 7.34. The van der Waals surface area contributed by atoms with Crippen molar-refractivity contribution in [2.75, 3.05) is 11.5 Å². The highest BCUT2D eigenvalue weighted by Crippen LogP contribution is 2.39. The lowest BCUT2D eigenvalue weighted by molar-refractivity contribution is 0.295. The Bertz CT molecular complexity index is 574. The molecule has 3 rings (SSSR count). The van der Waals surface area contributed by atoms with Crippen LogP contribution in [0.3, 0.4) is 0 Å². The van der Waals surface area contributed by atoms with E-state index in [4.69, 9.17) is 4.98 Å². The van der Waals surface area contributed by atoms with Gasteiger partial charge in [-0.1, -0.05) is 13.8 Å². The Kier molecular flexibility index (Phi) is 3.67. The first kappa shape index (κ1) is 14.5. The van der Waals surface area contributed by atoms with Gasteiger partial charge >= 0.3 is 0 Å². The summed E-state index contributed by atoms with van der Waals surface area (Å²) >= 11 is 1.68. The molecule has 0 atom stereocenters. The van der Waals surface area contributed by atoms with Gasteiger partial charge in [0.25, 0.3) is 0 Å². The molecular weight excluding hydrogens is 292 g/mol. The standard InChI is InChI=1S/C14H22N2O2S2/c1-10(2)12-9-19-13(15-12)14(16-11-3-4-11)5-7-20(17,18)8-6-14/h9-11,16H,3-8H2,1-2H3. The van der Waals surface area contributed by atoms with Gasteiger partial charge in [0.15, 0.2) is 0 Å². The quantitative estimate of drug-likeness (QED) is 0.927. The van der Waals surface area contributed by atoms with Crippen molar-refractivity contribution < 1.29 is 8.42 Å². The number of hydrogen-bond donors (Lipinski definition) is 1. The molecule has 1 aromatic rings. The average Bonchev–Trinajstić information content (AvgIpc) is 3.04. The Morgan fingerprint density at radius 3 is 2.50 bits per heavy atom. The van der Waals surface area contributed by atoms with E-state index in [0.29, 0.717) is 24.8 Å². The van der Waals surface area contributed by atoms with Crippen LogP contribution in [0.25, 0.3) is 0 Å². The van der Waals surface area contributed by atoms with Crippen molar-refractivity contribution in [1.82, 2.24) is 10.3 Å². The Hall–Kier alpha value is -0.460. The first-order valence-corrected chi connectivity index (χ1v) is 10.0. The Morgan fingerprint density at radius 1 is 1.35 bits per heavy atom. The molecule has 6 heteroatoms. The molecule has 2 fully saturated rings. The molecular formula is C14H22N2O2S2. The maximum Gasteiger partial charge on any atom is 0.150 e. The molecule has 2 aliphatic rings. The molecule has 0 bridgehead atoms. The fraction of sp³-hybridized carbons (Fsp3) is 0.786. The minimum absolute atomic E-state index is 0.204. The lowest BCUT2D eigenvalue weighted by Crippen LogP contribution is -2.49. The fourth-order valence-electron chi connectivity index (χ4n) is 2.70. The van der Waals surface area contributed by atoms with Crippen molar-refractivity contribution in [1.29, 1.82) is 0 Å². The first-order chi connectivity index (χ1) is 9.40. The zero-order valence-corrected chi connectivity index (χ0v) is 13.7. The summed E-state index contributed by atoms with van der Waals surface area (Å²) in [6, 6.07) is 0.558. The second-order valence-electron chi connectivity index (χ2n) is 6.38. The van der Waals surface area contributed by atoms with Gasteiger partial charge in [-0.05, 0) is 31.6 Å². The summed E-state index contributed by atoms with van der Waals surface area (Å²) in [4.78, 5) is 4.80. The zero-order chi connectivity index (χ0) is 14.4. The SMILES string of the molecule is CC(C)c1csc(C2(NC3CC3)CCS(=O)(=O)CC2)n1. The smallest absolute Gasteiger partial charge is 0.150 e. The van der Waals surface area contributed by atoms with Crippen molar-refractivity contribution in [3.05, 3.63) is 16.1 Å². The highest BCUT2D eigenvalue weighted by molar-refractivity contribution is 7.91. The second kappa shape index (κ2) is 5.07. The van der Waals surface area contributed by atoms with E-state index in [-0.39, 0.29) is 17.0 Å². The lowest BCUT2D eigenvalue weighted by Gasteiger charge is -2.36. The third kappa shape index (κ3) is 2.92. The van der Waals surface area contributed by atoms with Crippen molar-refractivity contribution in [2.24, 2.45) is 0 Å². The maximum absolute atomic E-state index is 11.7. The molecule has 2 heterocycles. The minimum Gasteiger partial charge on any atom is -0.303 e. The fourth-order valence-corrected chi connectivity index (χ4v) is 5.42. The van der Waals surface area contributed by atoms with Crippen molar-refractivity contribution >= 4 is 21.2 Å². The summed E-state index contributed by atoms with van der Waals surface area (Å²) in [6.45, 7) is 4.29. The largest absolute Gasteiger partial charge is 0.303 e. The molecule has 0 aromatic carbocycles. The van der Waals surface area contributed by atoms with Crippen molar-refractivity contribution in [3.63, 3.8) is 0 Å². The molecule has 1 aliphatic heterocycles. The summed E-state index contributed by atoms with van der Waals surface area (Å²) in [5.74, 6) is 0.984. The summed E-state index contributed by atoms with van der Waals surface area (Å²) < 4.78 is 23.5. The predicted octanol–water partition coefficient (Wildman–Crippen LogP) is 2.42. The lowest BCUT2D eigenvalue weighted by atomic mass is 9.92. The van der Waals surface area contributed by atoms with E-state index < -0.39 is 9.84 Å². The molecule has 0 spiro atoms. The normalized spacial score (nSPS) is 24.9. The Balaban J connectivity index is 1.88. The Labute approximate surface area is 124 Å². The zero-order valence-electron chi connectivity index (χ0n) is 12.1. The van der Waals surface area contributed by atoms with Crippen molar-refractivity contribution in [2.45, 2.75) is 57.0 Å². The van der Waals surface area contributed by atoms with Gasteiger partial charge in [-0.3, -0.25) is 0 Å². The number of nitrogens with one attached hydrogen (secondary N) is 1. The third-order valence-electron chi connectivity index (χ3n) is 4.26. The van der Waals surface area contributed by atoms with Gasteiger partial charge in [0, 0.05) is 11.4 Å². The van der Waals surface area contributed by atoms with Gasteiger partial charge in [-0.25, -0.2) is 13.4 Å². The van der Waals surface area contributed by atoms with E-state index in [1.165, 1.54) is 12.8 Å². The van der Waals surface area contributed by atoms with Crippen LogP contribution in [0.2, 0.25) is 0 Å². The van der Waals surface area contributed by atoms with E-state index in [1.54, 1.807) is 11.3 Å². The third-order valence-corrected chi connectivity index (χ3v) is 6.98. The van der Waals surface area contributed by atoms with Crippen LogP contribution in [0, 0.1) is 0 Å². The molecule has 0 amide bonds. The van der Waals surface area contributed by atoms with Crippen LogP contribution in [0.1, 0.15) is 56.2 Å². The van der Waals surface area contributed by atoms with Crippen LogP contribution >= 0.6 is 11.3 Å². The van der Waals surface area contributed by atoms with Crippen LogP contribution in [0.4, 0.5) is 0 Å². The van der Waals surface area contributed by atoms with E-state index in [1.807, 2.05) is 0 Å². The number of aromatic nitrogens is 1. The minimum atomic E-state index is -2.85. The topological polar surface area (TPSA) is 59.1 Å². The maximum atomic E-state index is 11.7. The molecule has 1 saturated heterocycles. The predicted molar refractivity (Wildman–Crippen MR) is 81.9 cm³/mol. The molecule has 1 saturated carbocycles.